The van der Waals surface area contributed by atoms with Crippen molar-refractivity contribution < 1.29 is 33.3 Å². The third kappa shape index (κ3) is 6.98. The summed E-state index contributed by atoms with van der Waals surface area (Å²) < 4.78 is 42.3. The Hall–Kier alpha value is -4.57. The molecule has 0 saturated carbocycles. The third-order valence-corrected chi connectivity index (χ3v) is 11.6. The Morgan fingerprint density at radius 2 is 2.06 bits per heavy atom. The number of terminal acetylenes is 1. The van der Waals surface area contributed by atoms with Gasteiger partial charge in [0.15, 0.2) is 0 Å². The summed E-state index contributed by atoms with van der Waals surface area (Å²) in [7, 11) is 1.93. The monoisotopic (exact) mass is 727 g/mol. The van der Waals surface area contributed by atoms with Gasteiger partial charge in [-0.15, -0.1) is 6.42 Å². The second-order valence-electron chi connectivity index (χ2n) is 14.8. The maximum atomic E-state index is 15.3. The molecule has 53 heavy (non-hydrogen) atoms. The number of ether oxygens (including phenoxy) is 2. The van der Waals surface area contributed by atoms with Crippen LogP contribution in [0.3, 0.4) is 0 Å². The van der Waals surface area contributed by atoms with E-state index < -0.39 is 23.6 Å². The lowest BCUT2D eigenvalue weighted by Crippen LogP contribution is -2.60. The number of phenols is 1. The van der Waals surface area contributed by atoms with E-state index in [1.54, 1.807) is 25.1 Å². The van der Waals surface area contributed by atoms with Gasteiger partial charge in [-0.3, -0.25) is 9.69 Å². The molecule has 0 spiro atoms. The Kier molecular flexibility index (Phi) is 10.4. The number of phenolic OH excluding ortho intramolecular Hbond substituents is 1. The number of fused-ring (bicyclic) bond motifs is 2. The van der Waals surface area contributed by atoms with Gasteiger partial charge in [-0.05, 0) is 92.3 Å². The summed E-state index contributed by atoms with van der Waals surface area (Å²) in [6, 6.07) is 6.13. The van der Waals surface area contributed by atoms with Gasteiger partial charge in [-0.2, -0.15) is 9.97 Å². The van der Waals surface area contributed by atoms with Crippen LogP contribution in [0.2, 0.25) is 0 Å². The molecule has 4 atom stereocenters. The minimum atomic E-state index is -1.13. The molecule has 10 nitrogen and oxygen atoms in total. The van der Waals surface area contributed by atoms with Crippen LogP contribution in [0.4, 0.5) is 14.6 Å². The SMILES string of the molecule is C#Cc1c(F)ccc2cc(O)cc(C3=Cc4nc(OC[C@]5([C@H](C)O)C[C@@H](F)CN5C5CCOCC5)nc(N(C)C[C@@H]5CCCN5C(=O)C=C)c4CC3)c12. The van der Waals surface area contributed by atoms with E-state index in [9.17, 15) is 19.4 Å². The standard InChI is InChI=1S/C41H47F2N5O5/c1-5-32-35(43)12-10-27-18-31(50)20-34(38(27)32)26-9-11-33-36(19-26)44-40(45-39(33)46(4)23-30-8-7-15-47(30)37(51)6-2)53-24-41(25(3)49)21-28(42)22-48(41)29-13-16-52-17-14-29/h1,6,10,12,18-20,25,28-30,49-50H,2,7-9,11,13-17,21-24H2,3-4H3/t25-,28+,30-,41-/m0/s1. The van der Waals surface area contributed by atoms with Crippen LogP contribution in [0, 0.1) is 18.2 Å². The van der Waals surface area contributed by atoms with Gasteiger partial charge >= 0.3 is 6.01 Å². The average Bonchev–Trinajstić information content (AvgIpc) is 3.77. The lowest BCUT2D eigenvalue weighted by Gasteiger charge is -2.45. The van der Waals surface area contributed by atoms with Crippen LogP contribution in [0.25, 0.3) is 22.4 Å². The van der Waals surface area contributed by atoms with Crippen LogP contribution < -0.4 is 9.64 Å². The molecule has 280 valence electrons. The predicted molar refractivity (Wildman–Crippen MR) is 200 cm³/mol. The maximum Gasteiger partial charge on any atom is 0.318 e. The predicted octanol–water partition coefficient (Wildman–Crippen LogP) is 5.28. The largest absolute Gasteiger partial charge is 0.508 e. The van der Waals surface area contributed by atoms with Crippen molar-refractivity contribution >= 4 is 34.1 Å². The molecule has 3 fully saturated rings. The highest BCUT2D eigenvalue weighted by Crippen LogP contribution is 2.42. The molecule has 1 aromatic heterocycles. The van der Waals surface area contributed by atoms with Gasteiger partial charge in [-0.25, -0.2) is 8.78 Å². The molecular weight excluding hydrogens is 680 g/mol. The van der Waals surface area contributed by atoms with E-state index in [-0.39, 0.29) is 54.9 Å². The number of rotatable bonds is 10. The molecular formula is C41H47F2N5O5. The number of likely N-dealkylation sites (tertiary alicyclic amines) is 2. The molecule has 0 bridgehead atoms. The van der Waals surface area contributed by atoms with Crippen LogP contribution in [0.1, 0.15) is 67.8 Å². The number of alkyl halides is 1. The molecule has 3 aliphatic heterocycles. The van der Waals surface area contributed by atoms with Crippen molar-refractivity contribution in [1.29, 1.82) is 0 Å². The quantitative estimate of drug-likeness (QED) is 0.213. The van der Waals surface area contributed by atoms with Gasteiger partial charge in [0.05, 0.1) is 22.9 Å². The first-order valence-corrected chi connectivity index (χ1v) is 18.5. The fraction of sp³-hybridized carbons (Fsp3) is 0.488. The Morgan fingerprint density at radius 1 is 1.26 bits per heavy atom. The average molecular weight is 728 g/mol. The van der Waals surface area contributed by atoms with Crippen LogP contribution in [-0.4, -0.2) is 112 Å². The number of anilines is 1. The number of amides is 1. The molecule has 4 heterocycles. The van der Waals surface area contributed by atoms with Crippen molar-refractivity contribution in [3.05, 3.63) is 65.1 Å². The van der Waals surface area contributed by atoms with E-state index in [0.29, 0.717) is 67.0 Å². The van der Waals surface area contributed by atoms with Crippen molar-refractivity contribution in [2.24, 2.45) is 0 Å². The summed E-state index contributed by atoms with van der Waals surface area (Å²) in [5.74, 6) is 2.53. The number of benzene rings is 2. The Bertz CT molecular complexity index is 1970. The fourth-order valence-electron chi connectivity index (χ4n) is 8.90. The number of halogens is 2. The summed E-state index contributed by atoms with van der Waals surface area (Å²) in [6.45, 7) is 7.85. The van der Waals surface area contributed by atoms with E-state index in [2.05, 4.69) is 17.4 Å². The zero-order valence-electron chi connectivity index (χ0n) is 30.4. The number of carbonyl (C=O) groups excluding carboxylic acids is 1. The van der Waals surface area contributed by atoms with Gasteiger partial charge in [0.1, 0.15) is 30.2 Å². The number of aromatic hydroxyl groups is 1. The number of aliphatic hydroxyl groups excluding tert-OH is 1. The smallest absolute Gasteiger partial charge is 0.318 e. The van der Waals surface area contributed by atoms with E-state index in [1.165, 1.54) is 12.1 Å². The highest BCUT2D eigenvalue weighted by Gasteiger charge is 2.52. The maximum absolute atomic E-state index is 15.3. The normalized spacial score (nSPS) is 24.1. The van der Waals surface area contributed by atoms with E-state index in [1.807, 2.05) is 22.9 Å². The highest BCUT2D eigenvalue weighted by atomic mass is 19.1. The minimum absolute atomic E-state index is 0.0244. The van der Waals surface area contributed by atoms with Crippen molar-refractivity contribution in [1.82, 2.24) is 19.8 Å². The molecule has 2 N–H and O–H groups in total. The van der Waals surface area contributed by atoms with Gasteiger partial charge in [0.2, 0.25) is 5.91 Å². The molecule has 3 aromatic rings. The van der Waals surface area contributed by atoms with E-state index in [0.717, 1.165) is 36.8 Å². The number of nitrogens with zero attached hydrogens (tertiary/aromatic N) is 5. The Morgan fingerprint density at radius 3 is 2.79 bits per heavy atom. The van der Waals surface area contributed by atoms with Crippen molar-refractivity contribution in [2.45, 2.75) is 81.8 Å². The van der Waals surface area contributed by atoms with Crippen LogP contribution >= 0.6 is 0 Å². The number of aromatic nitrogens is 2. The number of hydrogen-bond donors (Lipinski definition) is 2. The van der Waals surface area contributed by atoms with Crippen molar-refractivity contribution in [3.8, 4) is 24.1 Å². The number of allylic oxidation sites excluding steroid dienone is 1. The third-order valence-electron chi connectivity index (χ3n) is 11.6. The van der Waals surface area contributed by atoms with Gasteiger partial charge in [-0.1, -0.05) is 18.6 Å². The summed E-state index contributed by atoms with van der Waals surface area (Å²) in [4.78, 5) is 28.4. The van der Waals surface area contributed by atoms with Crippen LogP contribution in [-0.2, 0) is 16.0 Å². The molecule has 3 saturated heterocycles. The van der Waals surface area contributed by atoms with Crippen LogP contribution in [0.15, 0.2) is 36.9 Å². The molecule has 2 aromatic carbocycles. The lowest BCUT2D eigenvalue weighted by atomic mass is 9.87. The summed E-state index contributed by atoms with van der Waals surface area (Å²) in [5.41, 5.74) is 1.99. The first kappa shape index (κ1) is 36.8. The number of hydrogen-bond acceptors (Lipinski definition) is 9. The molecule has 0 radical (unpaired) electrons. The second-order valence-corrected chi connectivity index (χ2v) is 14.8. The Balaban J connectivity index is 1.29. The van der Waals surface area contributed by atoms with Gasteiger partial charge in [0, 0.05) is 69.3 Å². The van der Waals surface area contributed by atoms with Crippen molar-refractivity contribution in [3.63, 3.8) is 0 Å². The molecule has 4 aliphatic rings. The van der Waals surface area contributed by atoms with E-state index >= 15 is 4.39 Å². The first-order chi connectivity index (χ1) is 25.5. The van der Waals surface area contributed by atoms with Gasteiger partial charge in [0.25, 0.3) is 0 Å². The lowest BCUT2D eigenvalue weighted by molar-refractivity contribution is -0.126. The topological polar surface area (TPSA) is 111 Å². The summed E-state index contributed by atoms with van der Waals surface area (Å²) in [6.07, 6.45) is 11.4. The van der Waals surface area contributed by atoms with Crippen LogP contribution in [0.5, 0.6) is 11.8 Å². The first-order valence-electron chi connectivity index (χ1n) is 18.5. The molecule has 1 amide bonds. The van der Waals surface area contributed by atoms with Gasteiger partial charge < -0.3 is 29.5 Å². The Labute approximate surface area is 309 Å². The highest BCUT2D eigenvalue weighted by molar-refractivity contribution is 6.02. The van der Waals surface area contributed by atoms with E-state index in [4.69, 9.17) is 25.9 Å². The number of aliphatic hydroxyl groups is 1. The summed E-state index contributed by atoms with van der Waals surface area (Å²) >= 11 is 0. The second kappa shape index (κ2) is 15.0. The molecule has 7 rings (SSSR count). The minimum Gasteiger partial charge on any atom is -0.508 e. The molecule has 12 heteroatoms. The van der Waals surface area contributed by atoms with Crippen molar-refractivity contribution in [2.75, 3.05) is 51.4 Å². The zero-order chi connectivity index (χ0) is 37.4. The zero-order valence-corrected chi connectivity index (χ0v) is 30.4. The summed E-state index contributed by atoms with van der Waals surface area (Å²) in [5, 5.41) is 23.1. The molecule has 0 unspecified atom stereocenters. The number of likely N-dealkylation sites (N-methyl/N-ethyl adjacent to an activating group) is 1. The fourth-order valence-corrected chi connectivity index (χ4v) is 8.90. The number of carbonyl (C=O) groups is 1. The molecule has 1 aliphatic carbocycles.